The van der Waals surface area contributed by atoms with Crippen LogP contribution in [0.1, 0.15) is 44.8 Å². The van der Waals surface area contributed by atoms with Crippen LogP contribution in [0.15, 0.2) is 91.1 Å². The molecule has 1 aliphatic heterocycles. The molecule has 0 bridgehead atoms. The quantitative estimate of drug-likeness (QED) is 0.159. The van der Waals surface area contributed by atoms with Crippen molar-refractivity contribution in [3.63, 3.8) is 0 Å². The van der Waals surface area contributed by atoms with Gasteiger partial charge in [0.15, 0.2) is 0 Å². The van der Waals surface area contributed by atoms with Gasteiger partial charge in [0.05, 0.1) is 30.8 Å². The van der Waals surface area contributed by atoms with E-state index in [-0.39, 0.29) is 17.4 Å². The molecule has 12 nitrogen and oxygen atoms in total. The van der Waals surface area contributed by atoms with E-state index in [0.29, 0.717) is 42.5 Å². The summed E-state index contributed by atoms with van der Waals surface area (Å²) in [4.78, 5) is 33.9. The molecule has 2 N–H and O–H groups in total. The molecular formula is C38H40F3N5O7S. The topological polar surface area (TPSA) is 143 Å². The number of aryl methyl sites for hydroxylation is 1. The Labute approximate surface area is 310 Å². The van der Waals surface area contributed by atoms with Crippen LogP contribution in [-0.2, 0) is 29.9 Å². The molecule has 1 aliphatic rings. The third-order valence-electron chi connectivity index (χ3n) is 8.86. The first-order valence-electron chi connectivity index (χ1n) is 16.8. The largest absolute Gasteiger partial charge is 0.497 e. The monoisotopic (exact) mass is 767 g/mol. The Kier molecular flexibility index (Phi) is 12.3. The lowest BCUT2D eigenvalue weighted by Crippen LogP contribution is -2.45. The van der Waals surface area contributed by atoms with Gasteiger partial charge >= 0.3 is 6.18 Å². The number of anilines is 1. The number of carbonyl (C=O) groups excluding carboxylic acids is 2. The van der Waals surface area contributed by atoms with Crippen LogP contribution in [0.3, 0.4) is 0 Å². The van der Waals surface area contributed by atoms with Gasteiger partial charge in [-0.3, -0.25) is 14.1 Å². The van der Waals surface area contributed by atoms with Gasteiger partial charge in [0.25, 0.3) is 21.9 Å². The van der Waals surface area contributed by atoms with E-state index in [9.17, 15) is 31.2 Å². The molecule has 54 heavy (non-hydrogen) atoms. The maximum atomic E-state index is 13.6. The Morgan fingerprint density at radius 1 is 0.963 bits per heavy atom. The lowest BCUT2D eigenvalue weighted by Gasteiger charge is -2.32. The second-order valence-electron chi connectivity index (χ2n) is 12.7. The van der Waals surface area contributed by atoms with Crippen LogP contribution in [-0.4, -0.2) is 78.8 Å². The van der Waals surface area contributed by atoms with Crippen LogP contribution < -0.4 is 19.7 Å². The van der Waals surface area contributed by atoms with E-state index >= 15 is 0 Å². The number of piperidine rings is 1. The van der Waals surface area contributed by atoms with Crippen molar-refractivity contribution >= 4 is 38.5 Å². The lowest BCUT2D eigenvalue weighted by atomic mass is 10.0. The number of nitrogens with zero attached hydrogens (tertiary/aromatic N) is 4. The van der Waals surface area contributed by atoms with Gasteiger partial charge in [0, 0.05) is 62.3 Å². The zero-order valence-electron chi connectivity index (χ0n) is 30.0. The number of alkyl halides is 3. The summed E-state index contributed by atoms with van der Waals surface area (Å²) in [5.41, 5.74) is 2.41. The van der Waals surface area contributed by atoms with Crippen LogP contribution in [0.5, 0.6) is 17.4 Å². The maximum absolute atomic E-state index is 13.6. The van der Waals surface area contributed by atoms with Crippen LogP contribution in [0.25, 0.3) is 10.9 Å². The number of fused-ring (bicyclic) bond motifs is 1. The van der Waals surface area contributed by atoms with Crippen molar-refractivity contribution in [2.45, 2.75) is 31.6 Å². The second kappa shape index (κ2) is 16.7. The van der Waals surface area contributed by atoms with Gasteiger partial charge in [0.2, 0.25) is 5.88 Å². The van der Waals surface area contributed by atoms with E-state index in [1.54, 1.807) is 25.3 Å². The number of halogens is 3. The van der Waals surface area contributed by atoms with Crippen molar-refractivity contribution in [2.75, 3.05) is 38.4 Å². The molecule has 1 fully saturated rings. The smallest absolute Gasteiger partial charge is 0.416 e. The molecule has 2 amide bonds. The molecule has 0 radical (unpaired) electrons. The molecule has 2 aromatic heterocycles. The van der Waals surface area contributed by atoms with Crippen molar-refractivity contribution in [3.05, 3.63) is 114 Å². The zero-order valence-corrected chi connectivity index (χ0v) is 30.8. The maximum Gasteiger partial charge on any atom is 0.416 e. The number of nitrogens with one attached hydrogen (secondary N) is 1. The number of likely N-dealkylation sites (tertiary alicyclic amines) is 1. The molecule has 0 saturated carbocycles. The number of benzene rings is 3. The Morgan fingerprint density at radius 3 is 2.17 bits per heavy atom. The minimum absolute atomic E-state index is 0.0120. The number of methoxy groups -OCH3 is 1. The van der Waals surface area contributed by atoms with Crippen molar-refractivity contribution in [2.24, 2.45) is 7.05 Å². The fourth-order valence-electron chi connectivity index (χ4n) is 5.92. The van der Waals surface area contributed by atoms with Crippen LogP contribution in [0.4, 0.5) is 18.9 Å². The highest BCUT2D eigenvalue weighted by Gasteiger charge is 2.30. The summed E-state index contributed by atoms with van der Waals surface area (Å²) in [6, 6.07) is 23.0. The number of amides is 2. The highest BCUT2D eigenvalue weighted by atomic mass is 32.2. The zero-order chi connectivity index (χ0) is 39.2. The van der Waals surface area contributed by atoms with E-state index in [1.807, 2.05) is 59.0 Å². The molecule has 5 aromatic rings. The molecule has 0 spiro atoms. The number of rotatable bonds is 9. The Hall–Kier alpha value is -5.45. The third-order valence-corrected chi connectivity index (χ3v) is 8.86. The van der Waals surface area contributed by atoms with E-state index in [4.69, 9.17) is 14.0 Å². The Bertz CT molecular complexity index is 2180. The fraction of sp³-hybridized carbons (Fsp3) is 0.289. The first-order valence-corrected chi connectivity index (χ1v) is 18.6. The van der Waals surface area contributed by atoms with Gasteiger partial charge in [-0.1, -0.05) is 12.1 Å². The summed E-state index contributed by atoms with van der Waals surface area (Å²) in [5.74, 6) is 1.15. The third kappa shape index (κ3) is 10.4. The normalized spacial score (nSPS) is 13.6. The van der Waals surface area contributed by atoms with Crippen molar-refractivity contribution in [1.82, 2.24) is 19.8 Å². The van der Waals surface area contributed by atoms with Crippen LogP contribution >= 0.6 is 0 Å². The molecule has 1 saturated heterocycles. The molecular weight excluding hydrogens is 728 g/mol. The predicted molar refractivity (Wildman–Crippen MR) is 198 cm³/mol. The van der Waals surface area contributed by atoms with Crippen LogP contribution in [0.2, 0.25) is 0 Å². The molecule has 3 aromatic carbocycles. The molecule has 0 unspecified atom stereocenters. The molecule has 6 rings (SSSR count). The minimum Gasteiger partial charge on any atom is -0.497 e. The minimum atomic E-state index is -4.48. The van der Waals surface area contributed by atoms with Crippen LogP contribution in [0, 0.1) is 0 Å². The molecule has 286 valence electrons. The second-order valence-corrected chi connectivity index (χ2v) is 14.2. The number of pyridine rings is 1. The lowest BCUT2D eigenvalue weighted by molar-refractivity contribution is -0.137. The van der Waals surface area contributed by atoms with E-state index in [1.165, 1.54) is 23.7 Å². The van der Waals surface area contributed by atoms with Gasteiger partial charge in [-0.25, -0.2) is 4.98 Å². The first-order chi connectivity index (χ1) is 25.5. The number of aromatic nitrogens is 2. The first kappa shape index (κ1) is 39.8. The number of hydrogen-bond acceptors (Lipinski definition) is 8. The van der Waals surface area contributed by atoms with Crippen molar-refractivity contribution in [1.29, 1.82) is 0 Å². The Balaban J connectivity index is 0.00000105. The average Bonchev–Trinajstić information content (AvgIpc) is 3.47. The standard InChI is InChI=1S/C37H36F3N5O4.CH4O3S/c1-43(35(46)25-6-8-27(9-7-25)37(38,39)40)29-10-15-34(42-23-29)49-31-13-14-32-26(20-31)21-33(44(32)2)36(47)45-18-16-28(17-19-45)41-22-24-4-11-30(48-3)12-5-24;1-5(2,3)4/h4-15,20-21,23,28,41H,16-19,22H2,1-3H3;1H3,(H,2,3,4). The molecule has 3 heterocycles. The summed E-state index contributed by atoms with van der Waals surface area (Å²) in [6.07, 6.45) is -0.573. The summed E-state index contributed by atoms with van der Waals surface area (Å²) in [5, 5.41) is 4.45. The summed E-state index contributed by atoms with van der Waals surface area (Å²) >= 11 is 0. The van der Waals surface area contributed by atoms with Gasteiger partial charge in [-0.2, -0.15) is 21.6 Å². The van der Waals surface area contributed by atoms with Gasteiger partial charge in [-0.15, -0.1) is 0 Å². The highest BCUT2D eigenvalue weighted by Crippen LogP contribution is 2.31. The van der Waals surface area contributed by atoms with E-state index in [2.05, 4.69) is 10.3 Å². The summed E-state index contributed by atoms with van der Waals surface area (Å²) in [6.45, 7) is 2.10. The number of carbonyl (C=O) groups is 2. The molecule has 0 atom stereocenters. The van der Waals surface area contributed by atoms with Gasteiger partial charge in [0.1, 0.15) is 17.2 Å². The SMILES string of the molecule is COc1ccc(CNC2CCN(C(=O)c3cc4cc(Oc5ccc(N(C)C(=O)c6ccc(C(F)(F)F)cc6)cn5)ccc4n3C)CC2)cc1.CS(=O)(=O)O. The predicted octanol–water partition coefficient (Wildman–Crippen LogP) is 6.57. The average molecular weight is 768 g/mol. The van der Waals surface area contributed by atoms with E-state index in [0.717, 1.165) is 60.3 Å². The van der Waals surface area contributed by atoms with Crippen molar-refractivity contribution < 1.29 is 45.2 Å². The van der Waals surface area contributed by atoms with Crippen molar-refractivity contribution in [3.8, 4) is 17.4 Å². The molecule has 16 heteroatoms. The highest BCUT2D eigenvalue weighted by molar-refractivity contribution is 7.85. The Morgan fingerprint density at radius 2 is 1.59 bits per heavy atom. The number of hydrogen-bond donors (Lipinski definition) is 2. The van der Waals surface area contributed by atoms with Gasteiger partial charge < -0.3 is 29.2 Å². The fourth-order valence-corrected chi connectivity index (χ4v) is 5.92. The summed E-state index contributed by atoms with van der Waals surface area (Å²) in [7, 11) is 1.38. The van der Waals surface area contributed by atoms with E-state index < -0.39 is 27.8 Å². The summed E-state index contributed by atoms with van der Waals surface area (Å²) < 4.78 is 77.6. The molecule has 0 aliphatic carbocycles. The van der Waals surface area contributed by atoms with Gasteiger partial charge in [-0.05, 0) is 85.1 Å². The number of ether oxygens (including phenoxy) is 2.